The Labute approximate surface area is 117 Å². The third kappa shape index (κ3) is 4.07. The van der Waals surface area contributed by atoms with E-state index in [1.807, 2.05) is 13.8 Å². The van der Waals surface area contributed by atoms with Crippen molar-refractivity contribution in [2.45, 2.75) is 39.9 Å². The zero-order valence-corrected chi connectivity index (χ0v) is 12.3. The predicted octanol–water partition coefficient (Wildman–Crippen LogP) is 4.35. The molecule has 0 bridgehead atoms. The molecule has 0 atom stereocenters. The molecule has 5 heteroatoms. The highest BCUT2D eigenvalue weighted by Gasteiger charge is 2.16. The highest BCUT2D eigenvalue weighted by atomic mass is 35.5. The third-order valence-electron chi connectivity index (χ3n) is 1.94. The van der Waals surface area contributed by atoms with E-state index in [0.717, 1.165) is 0 Å². The number of esters is 1. The van der Waals surface area contributed by atoms with Gasteiger partial charge in [-0.25, -0.2) is 4.79 Å². The SMILES string of the molecule is CC(C)OC(=O)c1cc(Cl)c(Cl)c(OC(C)C)c1. The van der Waals surface area contributed by atoms with Gasteiger partial charge in [0, 0.05) is 0 Å². The monoisotopic (exact) mass is 290 g/mol. The van der Waals surface area contributed by atoms with Gasteiger partial charge in [-0.1, -0.05) is 23.2 Å². The van der Waals surface area contributed by atoms with Gasteiger partial charge in [-0.05, 0) is 39.8 Å². The lowest BCUT2D eigenvalue weighted by molar-refractivity contribution is 0.0377. The van der Waals surface area contributed by atoms with E-state index < -0.39 is 5.97 Å². The number of hydrogen-bond acceptors (Lipinski definition) is 3. The van der Waals surface area contributed by atoms with Crippen molar-refractivity contribution in [2.75, 3.05) is 0 Å². The van der Waals surface area contributed by atoms with Gasteiger partial charge in [0.2, 0.25) is 0 Å². The van der Waals surface area contributed by atoms with Gasteiger partial charge >= 0.3 is 5.97 Å². The minimum absolute atomic E-state index is 0.0602. The van der Waals surface area contributed by atoms with Crippen LogP contribution in [0.3, 0.4) is 0 Å². The number of benzene rings is 1. The van der Waals surface area contributed by atoms with Gasteiger partial charge in [0.25, 0.3) is 0 Å². The van der Waals surface area contributed by atoms with Crippen LogP contribution in [0.4, 0.5) is 0 Å². The van der Waals surface area contributed by atoms with Gasteiger partial charge in [0.15, 0.2) is 0 Å². The second-order valence-electron chi connectivity index (χ2n) is 4.39. The molecule has 100 valence electrons. The molecule has 0 unspecified atom stereocenters. The normalized spacial score (nSPS) is 10.9. The molecule has 0 aromatic heterocycles. The fourth-order valence-corrected chi connectivity index (χ4v) is 1.67. The van der Waals surface area contributed by atoms with Gasteiger partial charge in [-0.2, -0.15) is 0 Å². The molecule has 0 aliphatic carbocycles. The molecule has 0 saturated carbocycles. The van der Waals surface area contributed by atoms with E-state index in [-0.39, 0.29) is 17.2 Å². The fourth-order valence-electron chi connectivity index (χ4n) is 1.30. The maximum absolute atomic E-state index is 11.8. The summed E-state index contributed by atoms with van der Waals surface area (Å²) in [6, 6.07) is 3.01. The van der Waals surface area contributed by atoms with Crippen molar-refractivity contribution in [1.82, 2.24) is 0 Å². The summed E-state index contributed by atoms with van der Waals surface area (Å²) >= 11 is 12.0. The van der Waals surface area contributed by atoms with E-state index in [1.165, 1.54) is 6.07 Å². The lowest BCUT2D eigenvalue weighted by atomic mass is 10.2. The topological polar surface area (TPSA) is 35.5 Å². The standard InChI is InChI=1S/C13H16Cl2O3/c1-7(2)17-11-6-9(5-10(14)12(11)15)13(16)18-8(3)4/h5-8H,1-4H3. The summed E-state index contributed by atoms with van der Waals surface area (Å²) in [4.78, 5) is 11.8. The van der Waals surface area contributed by atoms with Gasteiger partial charge < -0.3 is 9.47 Å². The average Bonchev–Trinajstić information content (AvgIpc) is 2.22. The van der Waals surface area contributed by atoms with E-state index in [0.29, 0.717) is 16.3 Å². The second kappa shape index (κ2) is 6.30. The number of hydrogen-bond donors (Lipinski definition) is 0. The van der Waals surface area contributed by atoms with E-state index in [4.69, 9.17) is 32.7 Å². The van der Waals surface area contributed by atoms with Crippen LogP contribution in [0.1, 0.15) is 38.1 Å². The number of carbonyl (C=O) groups excluding carboxylic acids is 1. The molecule has 0 fully saturated rings. The molecular weight excluding hydrogens is 275 g/mol. The summed E-state index contributed by atoms with van der Waals surface area (Å²) in [5, 5.41) is 0.567. The molecule has 0 aliphatic heterocycles. The largest absolute Gasteiger partial charge is 0.489 e. The van der Waals surface area contributed by atoms with Crippen molar-refractivity contribution in [3.05, 3.63) is 27.7 Å². The first kappa shape index (κ1) is 15.1. The van der Waals surface area contributed by atoms with E-state index >= 15 is 0 Å². The first-order valence-corrected chi connectivity index (χ1v) is 6.43. The number of rotatable bonds is 4. The van der Waals surface area contributed by atoms with Crippen molar-refractivity contribution in [2.24, 2.45) is 0 Å². The minimum atomic E-state index is -0.447. The Morgan fingerprint density at radius 1 is 1.11 bits per heavy atom. The minimum Gasteiger partial charge on any atom is -0.489 e. The van der Waals surface area contributed by atoms with Crippen molar-refractivity contribution >= 4 is 29.2 Å². The number of halogens is 2. The first-order valence-electron chi connectivity index (χ1n) is 5.68. The molecule has 3 nitrogen and oxygen atoms in total. The molecule has 0 heterocycles. The Hall–Kier alpha value is -0.930. The highest BCUT2D eigenvalue weighted by molar-refractivity contribution is 6.43. The van der Waals surface area contributed by atoms with Gasteiger partial charge in [0.1, 0.15) is 10.8 Å². The maximum atomic E-state index is 11.8. The van der Waals surface area contributed by atoms with Crippen LogP contribution < -0.4 is 4.74 Å². The summed E-state index contributed by atoms with van der Waals surface area (Å²) in [5.74, 6) is -0.0629. The molecule has 1 aromatic rings. The summed E-state index contributed by atoms with van der Waals surface area (Å²) in [6.07, 6.45) is -0.253. The van der Waals surface area contributed by atoms with E-state index in [2.05, 4.69) is 0 Å². The molecule has 1 aromatic carbocycles. The van der Waals surface area contributed by atoms with E-state index in [9.17, 15) is 4.79 Å². The van der Waals surface area contributed by atoms with Gasteiger partial charge in [-0.15, -0.1) is 0 Å². The zero-order chi connectivity index (χ0) is 13.9. The van der Waals surface area contributed by atoms with Crippen LogP contribution in [0, 0.1) is 0 Å². The van der Waals surface area contributed by atoms with Crippen LogP contribution in [0.15, 0.2) is 12.1 Å². The summed E-state index contributed by atoms with van der Waals surface area (Å²) in [5.41, 5.74) is 0.328. The lowest BCUT2D eigenvalue weighted by Crippen LogP contribution is -2.12. The lowest BCUT2D eigenvalue weighted by Gasteiger charge is -2.14. The van der Waals surface area contributed by atoms with Crippen LogP contribution in [0.5, 0.6) is 5.75 Å². The molecule has 1 rings (SSSR count). The molecular formula is C13H16Cl2O3. The van der Waals surface area contributed by atoms with Crippen molar-refractivity contribution in [1.29, 1.82) is 0 Å². The van der Waals surface area contributed by atoms with Crippen molar-refractivity contribution in [3.63, 3.8) is 0 Å². The summed E-state index contributed by atoms with van der Waals surface area (Å²) in [7, 11) is 0. The van der Waals surface area contributed by atoms with Gasteiger partial charge in [-0.3, -0.25) is 0 Å². The molecule has 0 saturated heterocycles. The second-order valence-corrected chi connectivity index (χ2v) is 5.18. The van der Waals surface area contributed by atoms with Gasteiger partial charge in [0.05, 0.1) is 22.8 Å². The Morgan fingerprint density at radius 3 is 2.22 bits per heavy atom. The highest BCUT2D eigenvalue weighted by Crippen LogP contribution is 2.34. The molecule has 0 spiro atoms. The number of ether oxygens (including phenoxy) is 2. The molecule has 0 radical (unpaired) electrons. The third-order valence-corrected chi connectivity index (χ3v) is 2.72. The Morgan fingerprint density at radius 2 is 1.72 bits per heavy atom. The zero-order valence-electron chi connectivity index (χ0n) is 10.8. The van der Waals surface area contributed by atoms with Crippen LogP contribution in [-0.2, 0) is 4.74 Å². The summed E-state index contributed by atoms with van der Waals surface area (Å²) in [6.45, 7) is 7.29. The maximum Gasteiger partial charge on any atom is 0.338 e. The van der Waals surface area contributed by atoms with E-state index in [1.54, 1.807) is 19.9 Å². The quantitative estimate of drug-likeness (QED) is 0.774. The van der Waals surface area contributed by atoms with Crippen molar-refractivity contribution < 1.29 is 14.3 Å². The van der Waals surface area contributed by atoms with Crippen LogP contribution in [0.2, 0.25) is 10.0 Å². The Balaban J connectivity index is 3.07. The van der Waals surface area contributed by atoms with Crippen LogP contribution >= 0.6 is 23.2 Å². The molecule has 0 N–H and O–H groups in total. The Kier molecular flexibility index (Phi) is 5.29. The van der Waals surface area contributed by atoms with Crippen LogP contribution in [-0.4, -0.2) is 18.2 Å². The average molecular weight is 291 g/mol. The van der Waals surface area contributed by atoms with Crippen LogP contribution in [0.25, 0.3) is 0 Å². The molecule has 0 aliphatic rings. The summed E-state index contributed by atoms with van der Waals surface area (Å²) < 4.78 is 10.6. The Bertz CT molecular complexity index is 442. The number of carbonyl (C=O) groups is 1. The first-order chi connectivity index (χ1) is 8.31. The molecule has 18 heavy (non-hydrogen) atoms. The fraction of sp³-hybridized carbons (Fsp3) is 0.462. The predicted molar refractivity (Wildman–Crippen MR) is 72.8 cm³/mol. The van der Waals surface area contributed by atoms with Crippen molar-refractivity contribution in [3.8, 4) is 5.75 Å². The smallest absolute Gasteiger partial charge is 0.338 e. The molecule has 0 amide bonds.